The van der Waals surface area contributed by atoms with Crippen LogP contribution < -0.4 is 10.6 Å². The molecule has 3 N–H and O–H groups in total. The molecule has 0 atom stereocenters. The summed E-state index contributed by atoms with van der Waals surface area (Å²) >= 11 is 12.1. The minimum atomic E-state index is 0.315. The van der Waals surface area contributed by atoms with Gasteiger partial charge in [-0.1, -0.05) is 23.2 Å². The molecule has 20 heavy (non-hydrogen) atoms. The average Bonchev–Trinajstić information content (AvgIpc) is 2.89. The summed E-state index contributed by atoms with van der Waals surface area (Å²) < 4.78 is 0. The second-order valence-corrected chi connectivity index (χ2v) is 5.93. The molecule has 2 heterocycles. The van der Waals surface area contributed by atoms with Crippen molar-refractivity contribution in [2.45, 2.75) is 18.9 Å². The normalized spacial score (nSPS) is 16.6. The first-order valence-corrected chi connectivity index (χ1v) is 7.40. The van der Waals surface area contributed by atoms with Crippen LogP contribution in [-0.2, 0) is 0 Å². The lowest BCUT2D eigenvalue weighted by Crippen LogP contribution is -2.39. The van der Waals surface area contributed by atoms with Gasteiger partial charge in [0.1, 0.15) is 0 Å². The molecule has 1 aromatic heterocycles. The first-order valence-electron chi connectivity index (χ1n) is 6.65. The van der Waals surface area contributed by atoms with E-state index in [2.05, 4.69) is 15.1 Å². The third-order valence-corrected chi connectivity index (χ3v) is 4.20. The van der Waals surface area contributed by atoms with Crippen molar-refractivity contribution in [3.8, 4) is 11.3 Å². The quantitative estimate of drug-likeness (QED) is 0.894. The largest absolute Gasteiger partial charge is 0.355 e. The fourth-order valence-electron chi connectivity index (χ4n) is 2.45. The van der Waals surface area contributed by atoms with Crippen LogP contribution in [0.2, 0.25) is 10.0 Å². The number of piperidine rings is 1. The second-order valence-electron chi connectivity index (χ2n) is 5.09. The summed E-state index contributed by atoms with van der Waals surface area (Å²) in [4.78, 5) is 2.24. The number of hydrogen-bond donors (Lipinski definition) is 2. The lowest BCUT2D eigenvalue weighted by molar-refractivity contribution is 0.498. The van der Waals surface area contributed by atoms with Crippen molar-refractivity contribution < 1.29 is 0 Å². The molecule has 1 aromatic carbocycles. The molecular weight excluding hydrogens is 295 g/mol. The molecule has 0 radical (unpaired) electrons. The van der Waals surface area contributed by atoms with Gasteiger partial charge in [-0.2, -0.15) is 5.10 Å². The number of aromatic amines is 1. The molecule has 1 saturated heterocycles. The van der Waals surface area contributed by atoms with Crippen LogP contribution in [-0.4, -0.2) is 29.3 Å². The Morgan fingerprint density at radius 3 is 2.65 bits per heavy atom. The molecule has 0 saturated carbocycles. The maximum atomic E-state index is 6.22. The number of rotatable bonds is 2. The Kier molecular flexibility index (Phi) is 3.87. The van der Waals surface area contributed by atoms with E-state index in [0.717, 1.165) is 43.0 Å². The zero-order valence-electron chi connectivity index (χ0n) is 10.9. The highest BCUT2D eigenvalue weighted by Crippen LogP contribution is 2.31. The molecular formula is C14H16Cl2N4. The predicted octanol–water partition coefficient (Wildman–Crippen LogP) is 3.31. The highest BCUT2D eigenvalue weighted by atomic mass is 35.5. The lowest BCUT2D eigenvalue weighted by atomic mass is 10.1. The molecule has 1 aliphatic rings. The van der Waals surface area contributed by atoms with Crippen LogP contribution in [0.3, 0.4) is 0 Å². The number of anilines is 1. The van der Waals surface area contributed by atoms with Crippen molar-refractivity contribution >= 4 is 29.0 Å². The van der Waals surface area contributed by atoms with Gasteiger partial charge in [-0.3, -0.25) is 5.10 Å². The SMILES string of the molecule is NC1CCN(c2cc(-c3ccc(Cl)cc3Cl)[nH]n2)CC1. The molecule has 0 spiro atoms. The van der Waals surface area contributed by atoms with Crippen LogP contribution in [0.5, 0.6) is 0 Å². The van der Waals surface area contributed by atoms with E-state index in [4.69, 9.17) is 28.9 Å². The second kappa shape index (κ2) is 5.64. The third kappa shape index (κ3) is 2.77. The van der Waals surface area contributed by atoms with E-state index in [1.54, 1.807) is 6.07 Å². The summed E-state index contributed by atoms with van der Waals surface area (Å²) in [5.74, 6) is 0.943. The van der Waals surface area contributed by atoms with E-state index in [1.807, 2.05) is 18.2 Å². The Balaban J connectivity index is 1.83. The van der Waals surface area contributed by atoms with Gasteiger partial charge in [-0.25, -0.2) is 0 Å². The van der Waals surface area contributed by atoms with Crippen LogP contribution >= 0.6 is 23.2 Å². The van der Waals surface area contributed by atoms with Crippen molar-refractivity contribution in [2.24, 2.45) is 5.73 Å². The summed E-state index contributed by atoms with van der Waals surface area (Å²) in [5.41, 5.74) is 7.73. The van der Waals surface area contributed by atoms with E-state index in [0.29, 0.717) is 16.1 Å². The Morgan fingerprint density at radius 1 is 1.20 bits per heavy atom. The van der Waals surface area contributed by atoms with Gasteiger partial charge in [0, 0.05) is 35.8 Å². The van der Waals surface area contributed by atoms with Gasteiger partial charge in [0.25, 0.3) is 0 Å². The number of aromatic nitrogens is 2. The highest BCUT2D eigenvalue weighted by molar-refractivity contribution is 6.36. The van der Waals surface area contributed by atoms with Crippen molar-refractivity contribution in [1.29, 1.82) is 0 Å². The van der Waals surface area contributed by atoms with Crippen LogP contribution in [0.1, 0.15) is 12.8 Å². The number of H-pyrrole nitrogens is 1. The summed E-state index contributed by atoms with van der Waals surface area (Å²) in [6, 6.07) is 7.79. The van der Waals surface area contributed by atoms with Gasteiger partial charge in [0.15, 0.2) is 5.82 Å². The smallest absolute Gasteiger partial charge is 0.150 e. The number of nitrogens with one attached hydrogen (secondary N) is 1. The van der Waals surface area contributed by atoms with Crippen molar-refractivity contribution in [2.75, 3.05) is 18.0 Å². The van der Waals surface area contributed by atoms with Gasteiger partial charge < -0.3 is 10.6 Å². The lowest BCUT2D eigenvalue weighted by Gasteiger charge is -2.29. The maximum absolute atomic E-state index is 6.22. The summed E-state index contributed by atoms with van der Waals surface area (Å²) in [6.07, 6.45) is 2.01. The van der Waals surface area contributed by atoms with E-state index in [1.165, 1.54) is 0 Å². The minimum absolute atomic E-state index is 0.315. The standard InChI is InChI=1S/C14H16Cl2N4/c15-9-1-2-11(12(16)7-9)13-8-14(19-18-13)20-5-3-10(17)4-6-20/h1-2,7-8,10H,3-6,17H2,(H,18,19). The summed E-state index contributed by atoms with van der Waals surface area (Å²) in [6.45, 7) is 1.89. The van der Waals surface area contributed by atoms with E-state index in [9.17, 15) is 0 Å². The number of nitrogens with two attached hydrogens (primary N) is 1. The monoisotopic (exact) mass is 310 g/mol. The molecule has 3 rings (SSSR count). The van der Waals surface area contributed by atoms with Gasteiger partial charge in [-0.15, -0.1) is 0 Å². The van der Waals surface area contributed by atoms with E-state index in [-0.39, 0.29) is 0 Å². The first kappa shape index (κ1) is 13.7. The first-order chi connectivity index (χ1) is 9.63. The molecule has 0 unspecified atom stereocenters. The minimum Gasteiger partial charge on any atom is -0.355 e. The molecule has 1 fully saturated rings. The molecule has 4 nitrogen and oxygen atoms in total. The van der Waals surface area contributed by atoms with Crippen LogP contribution in [0.4, 0.5) is 5.82 Å². The van der Waals surface area contributed by atoms with Crippen LogP contribution in [0, 0.1) is 0 Å². The highest BCUT2D eigenvalue weighted by Gasteiger charge is 2.19. The molecule has 106 valence electrons. The zero-order chi connectivity index (χ0) is 14.1. The van der Waals surface area contributed by atoms with Crippen LogP contribution in [0.25, 0.3) is 11.3 Å². The molecule has 1 aliphatic heterocycles. The zero-order valence-corrected chi connectivity index (χ0v) is 12.5. The number of benzene rings is 1. The Labute approximate surface area is 127 Å². The number of nitrogens with zero attached hydrogens (tertiary/aromatic N) is 2. The van der Waals surface area contributed by atoms with Crippen molar-refractivity contribution in [1.82, 2.24) is 10.2 Å². The molecule has 0 aliphatic carbocycles. The average molecular weight is 311 g/mol. The molecule has 6 heteroatoms. The number of halogens is 2. The van der Waals surface area contributed by atoms with Crippen LogP contribution in [0.15, 0.2) is 24.3 Å². The summed E-state index contributed by atoms with van der Waals surface area (Å²) in [7, 11) is 0. The predicted molar refractivity (Wildman–Crippen MR) is 83.5 cm³/mol. The Bertz CT molecular complexity index is 603. The van der Waals surface area contributed by atoms with Gasteiger partial charge in [0.2, 0.25) is 0 Å². The molecule has 0 bridgehead atoms. The molecule has 2 aromatic rings. The molecule has 0 amide bonds. The topological polar surface area (TPSA) is 57.9 Å². The number of hydrogen-bond acceptors (Lipinski definition) is 3. The maximum Gasteiger partial charge on any atom is 0.150 e. The third-order valence-electron chi connectivity index (χ3n) is 3.65. The fraction of sp³-hybridized carbons (Fsp3) is 0.357. The fourth-order valence-corrected chi connectivity index (χ4v) is 2.96. The van der Waals surface area contributed by atoms with Gasteiger partial charge in [0.05, 0.1) is 10.7 Å². The van der Waals surface area contributed by atoms with E-state index < -0.39 is 0 Å². The van der Waals surface area contributed by atoms with Gasteiger partial charge >= 0.3 is 0 Å². The van der Waals surface area contributed by atoms with E-state index >= 15 is 0 Å². The van der Waals surface area contributed by atoms with Gasteiger partial charge in [-0.05, 0) is 31.0 Å². The van der Waals surface area contributed by atoms with Crippen molar-refractivity contribution in [3.63, 3.8) is 0 Å². The summed E-state index contributed by atoms with van der Waals surface area (Å²) in [5, 5.41) is 8.66. The Hall–Kier alpha value is -1.23. The van der Waals surface area contributed by atoms with Crippen molar-refractivity contribution in [3.05, 3.63) is 34.3 Å². The Morgan fingerprint density at radius 2 is 1.95 bits per heavy atom.